The lowest BCUT2D eigenvalue weighted by Gasteiger charge is -2.07. The van der Waals surface area contributed by atoms with E-state index in [-0.39, 0.29) is 28.6 Å². The summed E-state index contributed by atoms with van der Waals surface area (Å²) in [6, 6.07) is 19.5. The first kappa shape index (κ1) is 23.0. The Bertz CT molecular complexity index is 1210. The summed E-state index contributed by atoms with van der Waals surface area (Å²) in [6.07, 6.45) is 3.51. The number of nitrogens with one attached hydrogen (secondary N) is 2. The lowest BCUT2D eigenvalue weighted by atomic mass is 10.1. The molecule has 0 bridgehead atoms. The Morgan fingerprint density at radius 3 is 2.61 bits per heavy atom. The minimum absolute atomic E-state index is 0. The van der Waals surface area contributed by atoms with Crippen molar-refractivity contribution >= 4 is 32.6 Å². The van der Waals surface area contributed by atoms with E-state index in [0.29, 0.717) is 16.6 Å². The summed E-state index contributed by atoms with van der Waals surface area (Å²) in [7, 11) is 0. The highest BCUT2D eigenvalue weighted by atomic mass is 79.9. The zero-order chi connectivity index (χ0) is 21.1. The number of hydrogen-bond acceptors (Lipinski definition) is 2. The number of halogens is 2. The topological polar surface area (TPSA) is 69.0 Å². The van der Waals surface area contributed by atoms with E-state index in [1.165, 1.54) is 0 Å². The Kier molecular flexibility index (Phi) is 7.51. The maximum Gasteiger partial charge on any atom is 0.259 e. The van der Waals surface area contributed by atoms with Crippen LogP contribution in [0.5, 0.6) is 5.75 Å². The van der Waals surface area contributed by atoms with Crippen LogP contribution in [0.4, 0.5) is 0 Å². The van der Waals surface area contributed by atoms with Gasteiger partial charge in [-0.1, -0.05) is 41.9 Å². The molecule has 160 valence electrons. The van der Waals surface area contributed by atoms with Crippen molar-refractivity contribution in [2.45, 2.75) is 26.3 Å². The molecule has 0 spiro atoms. The third-order valence-corrected chi connectivity index (χ3v) is 5.72. The second-order valence-electron chi connectivity index (χ2n) is 7.22. The van der Waals surface area contributed by atoms with Gasteiger partial charge in [0, 0.05) is 25.1 Å². The molecular formula is C24H23Br2N3O2. The van der Waals surface area contributed by atoms with Crippen molar-refractivity contribution in [1.82, 2.24) is 10.4 Å². The minimum atomic E-state index is -0.101. The first-order valence-electron chi connectivity index (χ1n) is 9.94. The van der Waals surface area contributed by atoms with Crippen LogP contribution in [0.15, 0.2) is 71.3 Å². The highest BCUT2D eigenvalue weighted by molar-refractivity contribution is 9.10. The number of H-pyrrole nitrogens is 1. The molecule has 3 aromatic carbocycles. The molecule has 1 aromatic heterocycles. The van der Waals surface area contributed by atoms with E-state index in [4.69, 9.17) is 0 Å². The maximum absolute atomic E-state index is 12.9. The summed E-state index contributed by atoms with van der Waals surface area (Å²) in [6.45, 7) is 2.53. The Labute approximate surface area is 200 Å². The van der Waals surface area contributed by atoms with Gasteiger partial charge in [-0.3, -0.25) is 4.79 Å². The van der Waals surface area contributed by atoms with Crippen molar-refractivity contribution in [3.63, 3.8) is 0 Å². The molecule has 4 aromatic rings. The van der Waals surface area contributed by atoms with Crippen LogP contribution in [0.2, 0.25) is 0 Å². The maximum atomic E-state index is 12.9. The average Bonchev–Trinajstić information content (AvgIpc) is 3.17. The van der Waals surface area contributed by atoms with Gasteiger partial charge in [0.2, 0.25) is 11.4 Å². The number of rotatable bonds is 6. The van der Waals surface area contributed by atoms with Gasteiger partial charge in [0.25, 0.3) is 5.91 Å². The van der Waals surface area contributed by atoms with Crippen LogP contribution >= 0.6 is 15.9 Å². The van der Waals surface area contributed by atoms with Crippen molar-refractivity contribution in [2.24, 2.45) is 0 Å². The Balaban J connectivity index is 0.00000272. The fraction of sp³-hybridized carbons (Fsp3) is 0.167. The molecule has 1 amide bonds. The number of amides is 1. The number of aromatic amines is 1. The SMILES string of the molecule is CCCc1c(C(=O)NCc2ccc3cc(O)c(Br)cc3c2)c[nH][n+]1-c1ccccc1.[Br-]. The van der Waals surface area contributed by atoms with E-state index in [0.717, 1.165) is 40.6 Å². The fourth-order valence-corrected chi connectivity index (χ4v) is 3.95. The Hall–Kier alpha value is -2.64. The molecule has 4 rings (SSSR count). The molecule has 0 unspecified atom stereocenters. The molecule has 7 heteroatoms. The molecule has 0 aliphatic carbocycles. The quantitative estimate of drug-likeness (QED) is 0.324. The number of phenolic OH excluding ortho intramolecular Hbond substituents is 1. The normalized spacial score (nSPS) is 10.6. The Morgan fingerprint density at radius 2 is 1.87 bits per heavy atom. The number of nitrogens with zero attached hydrogens (tertiary/aromatic N) is 1. The van der Waals surface area contributed by atoms with Crippen LogP contribution in [0.1, 0.15) is 35.0 Å². The van der Waals surface area contributed by atoms with Gasteiger partial charge in [-0.2, -0.15) is 5.10 Å². The molecule has 31 heavy (non-hydrogen) atoms. The van der Waals surface area contributed by atoms with Gasteiger partial charge in [0.05, 0.1) is 10.7 Å². The van der Waals surface area contributed by atoms with Crippen LogP contribution in [0.25, 0.3) is 16.5 Å². The molecule has 5 nitrogen and oxygen atoms in total. The number of fused-ring (bicyclic) bond motifs is 1. The van der Waals surface area contributed by atoms with E-state index in [9.17, 15) is 9.90 Å². The molecule has 1 heterocycles. The molecule has 0 saturated heterocycles. The highest BCUT2D eigenvalue weighted by Crippen LogP contribution is 2.29. The molecule has 0 saturated carbocycles. The molecule has 0 radical (unpaired) electrons. The predicted octanol–water partition coefficient (Wildman–Crippen LogP) is 1.80. The van der Waals surface area contributed by atoms with E-state index < -0.39 is 0 Å². The highest BCUT2D eigenvalue weighted by Gasteiger charge is 2.25. The number of para-hydroxylation sites is 1. The van der Waals surface area contributed by atoms with Crippen molar-refractivity contribution in [3.05, 3.63) is 88.2 Å². The smallest absolute Gasteiger partial charge is 0.259 e. The number of phenols is 1. The van der Waals surface area contributed by atoms with Gasteiger partial charge < -0.3 is 27.4 Å². The van der Waals surface area contributed by atoms with Crippen LogP contribution in [-0.4, -0.2) is 16.1 Å². The fourth-order valence-electron chi connectivity index (χ4n) is 3.59. The van der Waals surface area contributed by atoms with E-state index in [1.807, 2.05) is 59.3 Å². The van der Waals surface area contributed by atoms with E-state index in [2.05, 4.69) is 33.3 Å². The number of aromatic nitrogens is 2. The van der Waals surface area contributed by atoms with Gasteiger partial charge in [-0.05, 0) is 56.9 Å². The van der Waals surface area contributed by atoms with Crippen molar-refractivity contribution in [3.8, 4) is 11.4 Å². The zero-order valence-electron chi connectivity index (χ0n) is 17.0. The Morgan fingerprint density at radius 1 is 1.10 bits per heavy atom. The van der Waals surface area contributed by atoms with Crippen LogP contribution in [0.3, 0.4) is 0 Å². The first-order valence-corrected chi connectivity index (χ1v) is 10.7. The number of benzene rings is 3. The standard InChI is InChI=1S/C24H22BrN3O2.BrH/c1-2-6-22-20(15-27-28(22)19-7-4-3-5-8-19)24(30)26-14-16-9-10-17-13-23(29)21(25)12-18(17)11-16;/h3-5,7-13,15H,2,6,14H2,1H3,(H2,26,29,30);1H. The summed E-state index contributed by atoms with van der Waals surface area (Å²) in [5.74, 6) is 0.113. The number of hydrogen-bond donors (Lipinski definition) is 3. The van der Waals surface area contributed by atoms with Crippen molar-refractivity contribution in [2.75, 3.05) is 0 Å². The second kappa shape index (κ2) is 10.1. The van der Waals surface area contributed by atoms with Crippen LogP contribution in [0, 0.1) is 0 Å². The van der Waals surface area contributed by atoms with E-state index in [1.54, 1.807) is 12.3 Å². The molecular weight excluding hydrogens is 522 g/mol. The van der Waals surface area contributed by atoms with Crippen molar-refractivity contribution < 1.29 is 31.6 Å². The van der Waals surface area contributed by atoms with E-state index >= 15 is 0 Å². The predicted molar refractivity (Wildman–Crippen MR) is 121 cm³/mol. The monoisotopic (exact) mass is 543 g/mol. The average molecular weight is 545 g/mol. The van der Waals surface area contributed by atoms with Gasteiger partial charge >= 0.3 is 0 Å². The van der Waals surface area contributed by atoms with Gasteiger partial charge in [-0.25, -0.2) is 0 Å². The van der Waals surface area contributed by atoms with Gasteiger partial charge in [0.1, 0.15) is 11.3 Å². The molecule has 0 fully saturated rings. The third kappa shape index (κ3) is 4.99. The number of carbonyl (C=O) groups excluding carboxylic acids is 1. The summed E-state index contributed by atoms with van der Waals surface area (Å²) in [5, 5.41) is 18.0. The lowest BCUT2D eigenvalue weighted by molar-refractivity contribution is -0.663. The number of aromatic hydroxyl groups is 1. The summed E-state index contributed by atoms with van der Waals surface area (Å²) in [4.78, 5) is 12.9. The molecule has 0 atom stereocenters. The second-order valence-corrected chi connectivity index (χ2v) is 8.08. The minimum Gasteiger partial charge on any atom is -1.00 e. The van der Waals surface area contributed by atoms with Gasteiger partial charge in [-0.15, -0.1) is 0 Å². The third-order valence-electron chi connectivity index (χ3n) is 5.09. The van der Waals surface area contributed by atoms with Gasteiger partial charge in [0.15, 0.2) is 0 Å². The molecule has 3 N–H and O–H groups in total. The first-order chi connectivity index (χ1) is 14.6. The lowest BCUT2D eigenvalue weighted by Crippen LogP contribution is -3.00. The van der Waals surface area contributed by atoms with Crippen LogP contribution in [-0.2, 0) is 13.0 Å². The summed E-state index contributed by atoms with van der Waals surface area (Å²) >= 11 is 3.35. The largest absolute Gasteiger partial charge is 1.00 e. The number of carbonyl (C=O) groups is 1. The molecule has 0 aliphatic rings. The van der Waals surface area contributed by atoms with Crippen molar-refractivity contribution in [1.29, 1.82) is 0 Å². The van der Waals surface area contributed by atoms with Crippen LogP contribution < -0.4 is 27.0 Å². The summed E-state index contributed by atoms with van der Waals surface area (Å²) in [5.41, 5.74) is 3.63. The molecule has 0 aliphatic heterocycles. The zero-order valence-corrected chi connectivity index (χ0v) is 20.2. The summed E-state index contributed by atoms with van der Waals surface area (Å²) < 4.78 is 2.62.